The van der Waals surface area contributed by atoms with Gasteiger partial charge in [0.1, 0.15) is 63.2 Å². The Hall–Kier alpha value is -15.5. The Morgan fingerprint density at radius 2 is 0.367 bits per heavy atom. The highest BCUT2D eigenvalue weighted by Crippen LogP contribution is 2.29. The van der Waals surface area contributed by atoms with Crippen LogP contribution >= 0.6 is 0 Å². The maximum atomic E-state index is 11.9. The fourth-order valence-corrected chi connectivity index (χ4v) is 10.2. The van der Waals surface area contributed by atoms with Crippen LogP contribution in [0, 0.1) is 0 Å². The van der Waals surface area contributed by atoms with Crippen LogP contribution in [0.1, 0.15) is 79.5 Å². The summed E-state index contributed by atoms with van der Waals surface area (Å²) in [7, 11) is 12.3. The van der Waals surface area contributed by atoms with Gasteiger partial charge in [-0.05, 0) is 239 Å². The van der Waals surface area contributed by atoms with Crippen LogP contribution in [0.4, 0.5) is 0 Å². The van der Waals surface area contributed by atoms with Gasteiger partial charge in [0.25, 0.3) is 0 Å². The predicted octanol–water partition coefficient (Wildman–Crippen LogP) is 18.3. The number of rotatable bonds is 24. The molecule has 0 amide bonds. The maximum Gasteiger partial charge on any atom is 0.343 e. The fraction of sp³-hybridized carbons (Fsp3) is 0.147. The molecule has 0 heterocycles. The third kappa shape index (κ3) is 31.0. The monoisotopic (exact) mass is 1630 g/mol. The fourth-order valence-electron chi connectivity index (χ4n) is 10.2. The van der Waals surface area contributed by atoms with Crippen molar-refractivity contribution in [2.24, 2.45) is 0 Å². The third-order valence-corrected chi connectivity index (χ3v) is 16.5. The van der Waals surface area contributed by atoms with Gasteiger partial charge in [-0.15, -0.1) is 0 Å². The molecule has 0 saturated carbocycles. The number of hydrogen-bond donors (Lipinski definition) is 0. The summed E-state index contributed by atoms with van der Waals surface area (Å²) in [5, 5.41) is 0. The first-order chi connectivity index (χ1) is 57.9. The third-order valence-electron chi connectivity index (χ3n) is 16.5. The molecule has 0 spiro atoms. The van der Waals surface area contributed by atoms with Crippen LogP contribution < -0.4 is 52.1 Å². The number of carbonyl (C=O) groups excluding carboxylic acids is 9. The van der Waals surface area contributed by atoms with E-state index in [0.29, 0.717) is 73.8 Å². The second-order valence-electron chi connectivity index (χ2n) is 24.6. The van der Waals surface area contributed by atoms with Gasteiger partial charge >= 0.3 is 53.7 Å². The Bertz CT molecular complexity index is 5230. The van der Waals surface area contributed by atoms with Gasteiger partial charge in [-0.2, -0.15) is 0 Å². The summed E-state index contributed by atoms with van der Waals surface area (Å²) < 4.78 is 79.4. The summed E-state index contributed by atoms with van der Waals surface area (Å²) in [6.45, 7) is 4.81. The highest BCUT2D eigenvalue weighted by atomic mass is 16.7. The van der Waals surface area contributed by atoms with Crippen LogP contribution in [0.3, 0.4) is 0 Å². The van der Waals surface area contributed by atoms with Gasteiger partial charge in [-0.25, -0.2) is 24.0 Å². The number of carbonyl (C=O) groups is 9. The van der Waals surface area contributed by atoms with E-state index in [4.69, 9.17) is 61.6 Å². The molecule has 0 bridgehead atoms. The lowest BCUT2D eigenvalue weighted by Gasteiger charge is -2.07. The van der Waals surface area contributed by atoms with Crippen LogP contribution in [0.2, 0.25) is 0 Å². The van der Waals surface area contributed by atoms with Crippen LogP contribution in [0.25, 0.3) is 44.5 Å². The molecule has 618 valence electrons. The molecule has 12 rings (SSSR count). The zero-order valence-corrected chi connectivity index (χ0v) is 67.8. The van der Waals surface area contributed by atoms with Gasteiger partial charge in [0.05, 0.1) is 84.7 Å². The van der Waals surface area contributed by atoms with E-state index in [0.717, 1.165) is 61.8 Å². The topological polar surface area (TPSA) is 301 Å². The van der Waals surface area contributed by atoms with E-state index in [1.165, 1.54) is 66.2 Å². The standard InChI is InChI=1S/C17H16O5.C16H14O5.C16H16O4.C16H14O4.C15H14O4.C15H14O3/c1-12(18)21-11-22-17(19)15-5-3-13(4-6-15)14-7-9-16(20-2)10-8-14;1-11(17)20-14-5-3-12(4-6-14)16(18)21-15-9-7-13(19-2)8-10-15;1-12(17)19-11-20-16-9-5-14(6-10-16)13-3-7-15(18-2)8-4-13;1-11(17)20-15-9-7-13(8-10-15)12-3-5-14(6-4-12)16(18)19-2;1-17-12-5-3-11(4-6-12)15(16)19-14-9-7-13(18-2)8-10-14;1-17-14-9-7-12(8-10-14)11-3-5-13(6-4-11)15(16)18-2/h3-10H,11H2,1-2H3;3-10H,1-2H3;3-10H,11H2,1-2H3;3-10H,1-2H3;3-10H,1-2H3;3-10H,1-2H3. The smallest absolute Gasteiger partial charge is 0.343 e. The number of methoxy groups -OCH3 is 8. The average molecular weight is 1630 g/mol. The van der Waals surface area contributed by atoms with Crippen molar-refractivity contribution in [3.8, 4) is 108 Å². The van der Waals surface area contributed by atoms with Crippen molar-refractivity contribution in [1.29, 1.82) is 0 Å². The molecule has 0 fully saturated rings. The SMILES string of the molecule is COC(=O)c1ccc(-c2ccc(OC(C)=O)cc2)cc1.COC(=O)c1ccc(-c2ccc(OC)cc2)cc1.COc1ccc(-c2ccc(C(=O)OCOC(C)=O)cc2)cc1.COc1ccc(-c2ccc(OCOC(C)=O)cc2)cc1.COc1ccc(OC(=O)c2ccc(OC(C)=O)cc2)cc1.COc1ccc(OC(=O)c2ccc(OC)cc2)cc1. The van der Waals surface area contributed by atoms with E-state index < -0.39 is 29.8 Å². The molecular weight excluding hydrogens is 1540 g/mol. The first-order valence-corrected chi connectivity index (χ1v) is 36.4. The first-order valence-electron chi connectivity index (χ1n) is 36.4. The minimum absolute atomic E-state index is 0.0722. The molecule has 12 aromatic carbocycles. The summed E-state index contributed by atoms with van der Waals surface area (Å²) in [4.78, 5) is 101. The van der Waals surface area contributed by atoms with Gasteiger partial charge in [0, 0.05) is 27.7 Å². The van der Waals surface area contributed by atoms with E-state index in [1.54, 1.807) is 164 Å². The highest BCUT2D eigenvalue weighted by molar-refractivity contribution is 5.93. The van der Waals surface area contributed by atoms with Gasteiger partial charge in [-0.3, -0.25) is 19.2 Å². The van der Waals surface area contributed by atoms with Crippen LogP contribution in [-0.4, -0.2) is 124 Å². The second kappa shape index (κ2) is 48.6. The van der Waals surface area contributed by atoms with E-state index in [2.05, 4.69) is 14.2 Å². The van der Waals surface area contributed by atoms with Crippen molar-refractivity contribution in [3.63, 3.8) is 0 Å². The number of benzene rings is 12. The lowest BCUT2D eigenvalue weighted by Crippen LogP contribution is -2.10. The van der Waals surface area contributed by atoms with Crippen molar-refractivity contribution in [1.82, 2.24) is 0 Å². The van der Waals surface area contributed by atoms with Crippen molar-refractivity contribution < 1.29 is 119 Å². The summed E-state index contributed by atoms with van der Waals surface area (Å²) >= 11 is 0. The Kier molecular flexibility index (Phi) is 37.1. The molecule has 25 nitrogen and oxygen atoms in total. The Morgan fingerprint density at radius 1 is 0.183 bits per heavy atom. The van der Waals surface area contributed by atoms with Crippen molar-refractivity contribution in [2.75, 3.05) is 70.5 Å². The first kappa shape index (κ1) is 91.6. The van der Waals surface area contributed by atoms with Crippen molar-refractivity contribution in [3.05, 3.63) is 319 Å². The van der Waals surface area contributed by atoms with E-state index in [1.807, 2.05) is 146 Å². The summed E-state index contributed by atoms with van der Waals surface area (Å²) in [6.07, 6.45) is 0. The molecular formula is C95H88O25. The van der Waals surface area contributed by atoms with Crippen molar-refractivity contribution >= 4 is 53.7 Å². The summed E-state index contributed by atoms with van der Waals surface area (Å²) in [5.74, 6) is 3.22. The molecule has 25 heteroatoms. The van der Waals surface area contributed by atoms with E-state index >= 15 is 0 Å². The molecule has 0 aliphatic carbocycles. The normalized spacial score (nSPS) is 9.87. The van der Waals surface area contributed by atoms with Crippen LogP contribution in [0.5, 0.6) is 63.2 Å². The number of esters is 9. The van der Waals surface area contributed by atoms with Gasteiger partial charge in [0.2, 0.25) is 13.6 Å². The van der Waals surface area contributed by atoms with Crippen LogP contribution in [0.15, 0.2) is 291 Å². The Morgan fingerprint density at radius 3 is 0.617 bits per heavy atom. The molecule has 0 saturated heterocycles. The minimum atomic E-state index is -0.539. The lowest BCUT2D eigenvalue weighted by atomic mass is 10.0. The molecule has 12 aromatic rings. The number of ether oxygens (including phenoxy) is 16. The van der Waals surface area contributed by atoms with E-state index in [-0.39, 0.29) is 37.5 Å². The molecule has 0 atom stereocenters. The highest BCUT2D eigenvalue weighted by Gasteiger charge is 2.14. The Labute approximate surface area is 694 Å². The molecule has 0 aromatic heterocycles. The second-order valence-corrected chi connectivity index (χ2v) is 24.6. The molecule has 0 unspecified atom stereocenters. The van der Waals surface area contributed by atoms with Crippen molar-refractivity contribution in [2.45, 2.75) is 27.7 Å². The molecule has 0 aliphatic heterocycles. The quantitative estimate of drug-likeness (QED) is 0.0235. The summed E-state index contributed by atoms with van der Waals surface area (Å²) in [5.41, 5.74) is 10.5. The van der Waals surface area contributed by atoms with Gasteiger partial charge in [0.15, 0.2) is 0 Å². The van der Waals surface area contributed by atoms with Gasteiger partial charge in [-0.1, -0.05) is 97.1 Å². The van der Waals surface area contributed by atoms with Crippen LogP contribution in [-0.2, 0) is 42.9 Å². The number of hydrogen-bond acceptors (Lipinski definition) is 25. The zero-order valence-electron chi connectivity index (χ0n) is 67.8. The molecule has 0 aliphatic rings. The Balaban J connectivity index is 0.000000199. The molecule has 120 heavy (non-hydrogen) atoms. The summed E-state index contributed by atoms with van der Waals surface area (Å²) in [6, 6.07) is 85.7. The van der Waals surface area contributed by atoms with Gasteiger partial charge < -0.3 is 75.8 Å². The zero-order chi connectivity index (χ0) is 86.7. The lowest BCUT2D eigenvalue weighted by molar-refractivity contribution is -0.149. The molecule has 0 N–H and O–H groups in total. The molecule has 0 radical (unpaired) electrons. The largest absolute Gasteiger partial charge is 0.497 e. The van der Waals surface area contributed by atoms with E-state index in [9.17, 15) is 43.2 Å². The minimum Gasteiger partial charge on any atom is -0.497 e. The maximum absolute atomic E-state index is 11.9. The predicted molar refractivity (Wildman–Crippen MR) is 447 cm³/mol. The average Bonchev–Trinajstić information content (AvgIpc) is 0.867.